The number of H-pyrrole nitrogens is 1. The van der Waals surface area contributed by atoms with Gasteiger partial charge in [0, 0.05) is 54.9 Å². The minimum atomic E-state index is -4.35. The topological polar surface area (TPSA) is 85.1 Å². The molecule has 1 aromatic heterocycles. The molecule has 10 heteroatoms. The molecule has 1 aliphatic heterocycles. The van der Waals surface area contributed by atoms with Gasteiger partial charge < -0.3 is 20.9 Å². The van der Waals surface area contributed by atoms with Crippen LogP contribution in [-0.4, -0.2) is 40.0 Å². The number of rotatable bonds is 8. The number of hydrogen-bond donors (Lipinski definition) is 4. The standard InChI is InChI=1S/C31H33F3N6O/c1-21-28(39-29(36-21)23-9-11-24(12-10-23)31(32,33)34)20-40-17-15-25(16-18-40)35-19-22-7-13-27(14-8-22)38-30(41)37-26-5-3-2-4-6-26/h2-14,25,35H,15-20H2,1H3,(H,36,39)(H2,37,38,41). The van der Waals surface area contributed by atoms with Gasteiger partial charge in [0.1, 0.15) is 5.82 Å². The van der Waals surface area contributed by atoms with Crippen LogP contribution in [-0.2, 0) is 19.3 Å². The molecule has 5 rings (SSSR count). The van der Waals surface area contributed by atoms with Gasteiger partial charge >= 0.3 is 12.2 Å². The Labute approximate surface area is 237 Å². The maximum absolute atomic E-state index is 12.9. The van der Waals surface area contributed by atoms with Crippen LogP contribution in [0.1, 0.15) is 35.4 Å². The molecule has 0 spiro atoms. The van der Waals surface area contributed by atoms with E-state index in [1.54, 1.807) is 0 Å². The molecule has 2 amide bonds. The van der Waals surface area contributed by atoms with Gasteiger partial charge in [-0.2, -0.15) is 13.2 Å². The molecule has 41 heavy (non-hydrogen) atoms. The number of aromatic nitrogens is 2. The first-order chi connectivity index (χ1) is 19.7. The van der Waals surface area contributed by atoms with Crippen molar-refractivity contribution in [2.75, 3.05) is 23.7 Å². The average Bonchev–Trinajstić information content (AvgIpc) is 3.33. The summed E-state index contributed by atoms with van der Waals surface area (Å²) >= 11 is 0. The third kappa shape index (κ3) is 7.74. The zero-order valence-corrected chi connectivity index (χ0v) is 22.8. The number of hydrogen-bond acceptors (Lipinski definition) is 4. The van der Waals surface area contributed by atoms with Gasteiger partial charge in [-0.25, -0.2) is 9.78 Å². The number of benzene rings is 3. The Morgan fingerprint density at radius 1 is 0.927 bits per heavy atom. The molecule has 0 atom stereocenters. The molecule has 1 saturated heterocycles. The molecule has 4 N–H and O–H groups in total. The lowest BCUT2D eigenvalue weighted by atomic mass is 10.0. The second-order valence-corrected chi connectivity index (χ2v) is 10.3. The van der Waals surface area contributed by atoms with Crippen molar-refractivity contribution in [1.82, 2.24) is 20.2 Å². The first kappa shape index (κ1) is 28.4. The van der Waals surface area contributed by atoms with Crippen LogP contribution in [0.25, 0.3) is 11.4 Å². The van der Waals surface area contributed by atoms with Crippen LogP contribution >= 0.6 is 0 Å². The Balaban J connectivity index is 1.05. The summed E-state index contributed by atoms with van der Waals surface area (Å²) in [5.74, 6) is 0.584. The molecule has 0 bridgehead atoms. The highest BCUT2D eigenvalue weighted by molar-refractivity contribution is 5.99. The molecule has 4 aromatic rings. The lowest BCUT2D eigenvalue weighted by Gasteiger charge is -2.32. The molecule has 1 fully saturated rings. The minimum absolute atomic E-state index is 0.283. The number of alkyl halides is 3. The number of para-hydroxylation sites is 1. The van der Waals surface area contributed by atoms with Gasteiger partial charge in [0.15, 0.2) is 0 Å². The quantitative estimate of drug-likeness (QED) is 0.190. The van der Waals surface area contributed by atoms with Crippen LogP contribution in [0, 0.1) is 6.92 Å². The third-order valence-corrected chi connectivity index (χ3v) is 7.27. The van der Waals surface area contributed by atoms with E-state index in [2.05, 4.69) is 30.8 Å². The summed E-state index contributed by atoms with van der Waals surface area (Å²) in [5, 5.41) is 9.29. The lowest BCUT2D eigenvalue weighted by molar-refractivity contribution is -0.137. The molecule has 3 aromatic carbocycles. The minimum Gasteiger partial charge on any atom is -0.342 e. The molecule has 0 unspecified atom stereocenters. The molecule has 7 nitrogen and oxygen atoms in total. The Morgan fingerprint density at radius 3 is 2.20 bits per heavy atom. The number of imidazole rings is 1. The van der Waals surface area contributed by atoms with Crippen molar-refractivity contribution in [3.8, 4) is 11.4 Å². The number of carbonyl (C=O) groups excluding carboxylic acids is 1. The van der Waals surface area contributed by atoms with Crippen LogP contribution in [0.3, 0.4) is 0 Å². The summed E-state index contributed by atoms with van der Waals surface area (Å²) in [5.41, 5.74) is 4.41. The van der Waals surface area contributed by atoms with Gasteiger partial charge in [-0.1, -0.05) is 42.5 Å². The van der Waals surface area contributed by atoms with Crippen LogP contribution < -0.4 is 16.0 Å². The third-order valence-electron chi connectivity index (χ3n) is 7.27. The zero-order chi connectivity index (χ0) is 28.8. The van der Waals surface area contributed by atoms with Crippen molar-refractivity contribution in [3.05, 3.63) is 101 Å². The van der Waals surface area contributed by atoms with Gasteiger partial charge in [-0.3, -0.25) is 4.90 Å². The van der Waals surface area contributed by atoms with Gasteiger partial charge in [0.2, 0.25) is 0 Å². The summed E-state index contributed by atoms with van der Waals surface area (Å²) < 4.78 is 38.6. The van der Waals surface area contributed by atoms with Gasteiger partial charge in [-0.15, -0.1) is 0 Å². The predicted octanol–water partition coefficient (Wildman–Crippen LogP) is 6.80. The number of carbonyl (C=O) groups is 1. The van der Waals surface area contributed by atoms with Gasteiger partial charge in [0.05, 0.1) is 11.3 Å². The van der Waals surface area contributed by atoms with Crippen molar-refractivity contribution in [2.45, 2.75) is 45.1 Å². The van der Waals surface area contributed by atoms with E-state index in [1.807, 2.05) is 61.5 Å². The van der Waals surface area contributed by atoms with Crippen LogP contribution in [0.15, 0.2) is 78.9 Å². The average molecular weight is 563 g/mol. The van der Waals surface area contributed by atoms with E-state index in [0.29, 0.717) is 24.0 Å². The first-order valence-corrected chi connectivity index (χ1v) is 13.6. The van der Waals surface area contributed by atoms with Crippen molar-refractivity contribution >= 4 is 17.4 Å². The summed E-state index contributed by atoms with van der Waals surface area (Å²) in [6.07, 6.45) is -2.34. The zero-order valence-electron chi connectivity index (χ0n) is 22.8. The number of anilines is 2. The molecule has 0 radical (unpaired) electrons. The van der Waals surface area contributed by atoms with Gasteiger partial charge in [-0.05, 0) is 61.7 Å². The largest absolute Gasteiger partial charge is 0.416 e. The van der Waals surface area contributed by atoms with E-state index < -0.39 is 11.7 Å². The number of nitrogens with one attached hydrogen (secondary N) is 4. The Bertz CT molecular complexity index is 1430. The number of aromatic amines is 1. The molecule has 2 heterocycles. The van der Waals surface area contributed by atoms with Crippen LogP contribution in [0.5, 0.6) is 0 Å². The Hall–Kier alpha value is -4.15. The smallest absolute Gasteiger partial charge is 0.342 e. The molecular weight excluding hydrogens is 529 g/mol. The SMILES string of the molecule is Cc1[nH]c(-c2ccc(C(F)(F)F)cc2)nc1CN1CCC(NCc2ccc(NC(=O)Nc3ccccc3)cc2)CC1. The number of aryl methyl sites for hydroxylation is 1. The Morgan fingerprint density at radius 2 is 1.56 bits per heavy atom. The number of halogens is 3. The molecule has 214 valence electrons. The first-order valence-electron chi connectivity index (χ1n) is 13.6. The highest BCUT2D eigenvalue weighted by Gasteiger charge is 2.30. The van der Waals surface area contributed by atoms with E-state index >= 15 is 0 Å². The maximum Gasteiger partial charge on any atom is 0.416 e. The lowest BCUT2D eigenvalue weighted by Crippen LogP contribution is -2.42. The highest BCUT2D eigenvalue weighted by Crippen LogP contribution is 2.30. The monoisotopic (exact) mass is 562 g/mol. The molecular formula is C31H33F3N6O. The normalized spacial score (nSPS) is 14.6. The molecule has 0 saturated carbocycles. The fourth-order valence-corrected chi connectivity index (χ4v) is 4.89. The fourth-order valence-electron chi connectivity index (χ4n) is 4.89. The van der Waals surface area contributed by atoms with Gasteiger partial charge in [0.25, 0.3) is 0 Å². The predicted molar refractivity (Wildman–Crippen MR) is 154 cm³/mol. The number of urea groups is 1. The van der Waals surface area contributed by atoms with E-state index in [4.69, 9.17) is 0 Å². The summed E-state index contributed by atoms with van der Waals surface area (Å²) in [7, 11) is 0. The summed E-state index contributed by atoms with van der Waals surface area (Å²) in [4.78, 5) is 22.5. The van der Waals surface area contributed by atoms with Crippen LogP contribution in [0.4, 0.5) is 29.3 Å². The highest BCUT2D eigenvalue weighted by atomic mass is 19.4. The maximum atomic E-state index is 12.9. The molecule has 1 aliphatic rings. The van der Waals surface area contributed by atoms with E-state index in [1.165, 1.54) is 12.1 Å². The van der Waals surface area contributed by atoms with Crippen molar-refractivity contribution in [3.63, 3.8) is 0 Å². The number of nitrogens with zero attached hydrogens (tertiary/aromatic N) is 2. The summed E-state index contributed by atoms with van der Waals surface area (Å²) in [6.45, 7) is 5.25. The van der Waals surface area contributed by atoms with E-state index in [-0.39, 0.29) is 6.03 Å². The number of likely N-dealkylation sites (tertiary alicyclic amines) is 1. The fraction of sp³-hybridized carbons (Fsp3) is 0.290. The van der Waals surface area contributed by atoms with Crippen LogP contribution in [0.2, 0.25) is 0 Å². The molecule has 0 aliphatic carbocycles. The second kappa shape index (κ2) is 12.6. The van der Waals surface area contributed by atoms with Crippen molar-refractivity contribution < 1.29 is 18.0 Å². The van der Waals surface area contributed by atoms with Crippen molar-refractivity contribution in [1.29, 1.82) is 0 Å². The van der Waals surface area contributed by atoms with Crippen molar-refractivity contribution in [2.24, 2.45) is 0 Å². The summed E-state index contributed by atoms with van der Waals surface area (Å²) in [6, 6.07) is 22.3. The van der Waals surface area contributed by atoms with E-state index in [0.717, 1.165) is 72.9 Å². The number of amides is 2. The van der Waals surface area contributed by atoms with E-state index in [9.17, 15) is 18.0 Å². The second-order valence-electron chi connectivity index (χ2n) is 10.3. The number of piperidine rings is 1. The Kier molecular flexibility index (Phi) is 8.70.